The number of carbonyl (C=O) groups is 1. The molecule has 1 heterocycles. The van der Waals surface area contributed by atoms with Gasteiger partial charge in [0.15, 0.2) is 5.70 Å². The van der Waals surface area contributed by atoms with Crippen LogP contribution < -0.4 is 0 Å². The molecule has 25 heavy (non-hydrogen) atoms. The second-order valence-electron chi connectivity index (χ2n) is 4.96. The number of para-hydroxylation sites is 1. The number of non-ortho nitro benzene ring substituents is 1. The third kappa shape index (κ3) is 3.24. The maximum absolute atomic E-state index is 12.0. The summed E-state index contributed by atoms with van der Waals surface area (Å²) in [5.41, 5.74) is -0.0279. The number of cyclic esters (lactones) is 1. The fourth-order valence-corrected chi connectivity index (χ4v) is 2.22. The van der Waals surface area contributed by atoms with E-state index in [0.717, 1.165) is 0 Å². The van der Waals surface area contributed by atoms with Crippen LogP contribution >= 0.6 is 0 Å². The quantitative estimate of drug-likeness (QED) is 0.365. The van der Waals surface area contributed by atoms with Crippen molar-refractivity contribution < 1.29 is 19.4 Å². The summed E-state index contributed by atoms with van der Waals surface area (Å²) in [6.07, 6.45) is 1.32. The van der Waals surface area contributed by atoms with Crippen molar-refractivity contribution in [1.82, 2.24) is 0 Å². The van der Waals surface area contributed by atoms with E-state index in [-0.39, 0.29) is 28.5 Å². The first-order chi connectivity index (χ1) is 12.0. The van der Waals surface area contributed by atoms with Crippen LogP contribution in [0, 0.1) is 20.2 Å². The summed E-state index contributed by atoms with van der Waals surface area (Å²) in [5.74, 6) is -0.978. The van der Waals surface area contributed by atoms with Crippen LogP contribution in [-0.2, 0) is 9.53 Å². The smallest absolute Gasteiger partial charge is 0.363 e. The van der Waals surface area contributed by atoms with E-state index in [2.05, 4.69) is 4.99 Å². The van der Waals surface area contributed by atoms with Crippen LogP contribution in [0.25, 0.3) is 6.08 Å². The van der Waals surface area contributed by atoms with Crippen molar-refractivity contribution in [3.05, 3.63) is 85.6 Å². The van der Waals surface area contributed by atoms with Gasteiger partial charge in [0.25, 0.3) is 11.4 Å². The van der Waals surface area contributed by atoms with Crippen molar-refractivity contribution in [1.29, 1.82) is 0 Å². The van der Waals surface area contributed by atoms with Crippen LogP contribution in [0.15, 0.2) is 59.2 Å². The van der Waals surface area contributed by atoms with Crippen molar-refractivity contribution in [2.45, 2.75) is 0 Å². The number of esters is 1. The molecule has 1 aliphatic rings. The van der Waals surface area contributed by atoms with Gasteiger partial charge in [-0.2, -0.15) is 0 Å². The van der Waals surface area contributed by atoms with Gasteiger partial charge in [0.05, 0.1) is 9.85 Å². The molecule has 1 aliphatic heterocycles. The number of nitrogens with zero attached hydrogens (tertiary/aromatic N) is 3. The molecule has 0 unspecified atom stereocenters. The first-order valence-corrected chi connectivity index (χ1v) is 6.96. The van der Waals surface area contributed by atoms with E-state index >= 15 is 0 Å². The fraction of sp³-hybridized carbons (Fsp3) is 0. The highest BCUT2D eigenvalue weighted by atomic mass is 16.6. The van der Waals surface area contributed by atoms with E-state index in [1.165, 1.54) is 42.5 Å². The maximum Gasteiger partial charge on any atom is 0.363 e. The molecule has 0 saturated carbocycles. The van der Waals surface area contributed by atoms with Gasteiger partial charge in [-0.05, 0) is 17.7 Å². The van der Waals surface area contributed by atoms with E-state index in [0.29, 0.717) is 5.56 Å². The number of nitro benzene ring substituents is 2. The Kier molecular flexibility index (Phi) is 4.04. The maximum atomic E-state index is 12.0. The molecular formula is C16H9N3O6. The van der Waals surface area contributed by atoms with Crippen molar-refractivity contribution in [2.75, 3.05) is 0 Å². The molecule has 9 nitrogen and oxygen atoms in total. The van der Waals surface area contributed by atoms with Crippen molar-refractivity contribution >= 4 is 29.3 Å². The average Bonchev–Trinajstić information content (AvgIpc) is 2.95. The molecule has 9 heteroatoms. The zero-order chi connectivity index (χ0) is 18.0. The highest BCUT2D eigenvalue weighted by Crippen LogP contribution is 2.25. The second-order valence-corrected chi connectivity index (χ2v) is 4.96. The Labute approximate surface area is 140 Å². The number of benzene rings is 2. The fourth-order valence-electron chi connectivity index (χ4n) is 2.22. The molecule has 0 radical (unpaired) electrons. The molecule has 2 aromatic carbocycles. The Balaban J connectivity index is 2.00. The van der Waals surface area contributed by atoms with Gasteiger partial charge in [0, 0.05) is 18.2 Å². The molecule has 0 aliphatic carbocycles. The van der Waals surface area contributed by atoms with Gasteiger partial charge >= 0.3 is 5.97 Å². The van der Waals surface area contributed by atoms with Gasteiger partial charge in [-0.1, -0.05) is 24.3 Å². The zero-order valence-electron chi connectivity index (χ0n) is 12.5. The van der Waals surface area contributed by atoms with Crippen LogP contribution in [0.5, 0.6) is 0 Å². The predicted octanol–water partition coefficient (Wildman–Crippen LogP) is 2.85. The zero-order valence-corrected chi connectivity index (χ0v) is 12.5. The summed E-state index contributed by atoms with van der Waals surface area (Å²) in [6.45, 7) is 0. The Bertz CT molecular complexity index is 964. The lowest BCUT2D eigenvalue weighted by molar-refractivity contribution is -0.385. The normalized spacial score (nSPS) is 15.0. The van der Waals surface area contributed by atoms with Crippen LogP contribution in [0.3, 0.4) is 0 Å². The summed E-state index contributed by atoms with van der Waals surface area (Å²) < 4.78 is 5.01. The van der Waals surface area contributed by atoms with Gasteiger partial charge in [-0.3, -0.25) is 20.2 Å². The molecular weight excluding hydrogens is 330 g/mol. The Morgan fingerprint density at radius 1 is 1.00 bits per heavy atom. The lowest BCUT2D eigenvalue weighted by atomic mass is 10.1. The SMILES string of the molecule is O=C1OC(c2ccccc2[N+](=O)[O-])=N/C1=C/c1cccc([N+](=O)[O-])c1. The molecule has 0 aromatic heterocycles. The van der Waals surface area contributed by atoms with Gasteiger partial charge in [0.1, 0.15) is 5.56 Å². The Morgan fingerprint density at radius 2 is 1.76 bits per heavy atom. The topological polar surface area (TPSA) is 125 Å². The first kappa shape index (κ1) is 16.0. The van der Waals surface area contributed by atoms with Crippen LogP contribution in [0.2, 0.25) is 0 Å². The predicted molar refractivity (Wildman–Crippen MR) is 86.8 cm³/mol. The summed E-state index contributed by atoms with van der Waals surface area (Å²) in [4.78, 5) is 36.6. The van der Waals surface area contributed by atoms with Crippen molar-refractivity contribution in [3.63, 3.8) is 0 Å². The molecule has 3 rings (SSSR count). The van der Waals surface area contributed by atoms with E-state index in [4.69, 9.17) is 4.74 Å². The largest absolute Gasteiger partial charge is 0.402 e. The summed E-state index contributed by atoms with van der Waals surface area (Å²) in [5, 5.41) is 21.9. The minimum Gasteiger partial charge on any atom is -0.402 e. The lowest BCUT2D eigenvalue weighted by Crippen LogP contribution is -2.07. The van der Waals surface area contributed by atoms with Gasteiger partial charge < -0.3 is 4.74 Å². The standard InChI is InChI=1S/C16H9N3O6/c20-16-13(9-10-4-3-5-11(8-10)18(21)22)17-15(25-16)12-6-1-2-7-14(12)19(23)24/h1-9H/b13-9+. The number of rotatable bonds is 4. The molecule has 0 fully saturated rings. The minimum atomic E-state index is -0.792. The van der Waals surface area contributed by atoms with E-state index < -0.39 is 15.8 Å². The number of hydrogen-bond acceptors (Lipinski definition) is 7. The van der Waals surface area contributed by atoms with Crippen molar-refractivity contribution in [3.8, 4) is 0 Å². The molecule has 0 N–H and O–H groups in total. The molecule has 0 saturated heterocycles. The third-order valence-electron chi connectivity index (χ3n) is 3.34. The van der Waals surface area contributed by atoms with Gasteiger partial charge in [-0.25, -0.2) is 9.79 Å². The molecule has 2 aromatic rings. The highest BCUT2D eigenvalue weighted by molar-refractivity contribution is 6.14. The summed E-state index contributed by atoms with van der Waals surface area (Å²) >= 11 is 0. The molecule has 0 spiro atoms. The number of carbonyl (C=O) groups excluding carboxylic acids is 1. The van der Waals surface area contributed by atoms with Gasteiger partial charge in [0.2, 0.25) is 5.90 Å². The minimum absolute atomic E-state index is 0.0725. The van der Waals surface area contributed by atoms with Crippen LogP contribution in [0.1, 0.15) is 11.1 Å². The van der Waals surface area contributed by atoms with Crippen LogP contribution in [0.4, 0.5) is 11.4 Å². The Hall–Kier alpha value is -3.88. The number of nitro groups is 2. The molecule has 0 amide bonds. The molecule has 0 bridgehead atoms. The van der Waals surface area contributed by atoms with Crippen molar-refractivity contribution in [2.24, 2.45) is 4.99 Å². The summed E-state index contributed by atoms with van der Waals surface area (Å²) in [7, 11) is 0. The molecule has 124 valence electrons. The van der Waals surface area contributed by atoms with E-state index in [9.17, 15) is 25.0 Å². The third-order valence-corrected chi connectivity index (χ3v) is 3.34. The van der Waals surface area contributed by atoms with E-state index in [1.807, 2.05) is 0 Å². The Morgan fingerprint density at radius 3 is 2.48 bits per heavy atom. The van der Waals surface area contributed by atoms with Crippen LogP contribution in [-0.4, -0.2) is 21.7 Å². The molecule has 0 atom stereocenters. The van der Waals surface area contributed by atoms with Gasteiger partial charge in [-0.15, -0.1) is 0 Å². The lowest BCUT2D eigenvalue weighted by Gasteiger charge is -2.00. The number of ether oxygens (including phenoxy) is 1. The number of aliphatic imine (C=N–C) groups is 1. The highest BCUT2D eigenvalue weighted by Gasteiger charge is 2.29. The summed E-state index contributed by atoms with van der Waals surface area (Å²) in [6, 6.07) is 11.4. The first-order valence-electron chi connectivity index (χ1n) is 6.96. The van der Waals surface area contributed by atoms with E-state index in [1.54, 1.807) is 12.1 Å². The average molecular weight is 339 g/mol. The number of hydrogen-bond donors (Lipinski definition) is 0. The monoisotopic (exact) mass is 339 g/mol. The second kappa shape index (κ2) is 6.32.